The van der Waals surface area contributed by atoms with Crippen molar-refractivity contribution in [1.29, 1.82) is 0 Å². The van der Waals surface area contributed by atoms with Crippen molar-refractivity contribution in [3.8, 4) is 5.75 Å². The van der Waals surface area contributed by atoms with Crippen LogP contribution < -0.4 is 4.74 Å². The molecule has 0 amide bonds. The molecule has 1 aromatic carbocycles. The Labute approximate surface area is 114 Å². The zero-order valence-electron chi connectivity index (χ0n) is 11.6. The predicted octanol–water partition coefficient (Wildman–Crippen LogP) is 1.99. The average Bonchev–Trinajstić information content (AvgIpc) is 2.47. The lowest BCUT2D eigenvalue weighted by Gasteiger charge is -2.31. The van der Waals surface area contributed by atoms with Gasteiger partial charge in [0.05, 0.1) is 13.7 Å². The first-order valence-corrected chi connectivity index (χ1v) is 6.76. The number of hydrogen-bond donors (Lipinski definition) is 0. The number of nitrogens with zero attached hydrogens (tertiary/aromatic N) is 1. The summed E-state index contributed by atoms with van der Waals surface area (Å²) in [6.45, 7) is 5.39. The minimum atomic E-state index is -0.354. The molecule has 4 heteroatoms. The highest BCUT2D eigenvalue weighted by Gasteiger charge is 2.27. The number of ether oxygens (including phenoxy) is 2. The molecule has 19 heavy (non-hydrogen) atoms. The van der Waals surface area contributed by atoms with E-state index in [4.69, 9.17) is 9.47 Å². The van der Waals surface area contributed by atoms with E-state index in [9.17, 15) is 4.79 Å². The van der Waals surface area contributed by atoms with Crippen LogP contribution in [-0.4, -0.2) is 50.1 Å². The number of methoxy groups -OCH3 is 1. The smallest absolute Gasteiger partial charge is 0.193 e. The molecule has 1 aliphatic heterocycles. The maximum Gasteiger partial charge on any atom is 0.193 e. The van der Waals surface area contributed by atoms with Gasteiger partial charge < -0.3 is 9.47 Å². The second-order valence-corrected chi connectivity index (χ2v) is 4.76. The van der Waals surface area contributed by atoms with Crippen molar-refractivity contribution in [2.45, 2.75) is 19.4 Å². The molecule has 1 aromatic rings. The maximum absolute atomic E-state index is 12.4. The molecule has 2 rings (SSSR count). The highest BCUT2D eigenvalue weighted by molar-refractivity contribution is 6.00. The van der Waals surface area contributed by atoms with Gasteiger partial charge >= 0.3 is 0 Å². The molecule has 104 valence electrons. The molecule has 0 radical (unpaired) electrons. The summed E-state index contributed by atoms with van der Waals surface area (Å²) < 4.78 is 10.8. The predicted molar refractivity (Wildman–Crippen MR) is 73.8 cm³/mol. The molecule has 0 aliphatic carbocycles. The molecule has 1 heterocycles. The lowest BCUT2D eigenvalue weighted by molar-refractivity contribution is -0.0163. The topological polar surface area (TPSA) is 38.8 Å². The third kappa shape index (κ3) is 3.55. The van der Waals surface area contributed by atoms with E-state index in [1.807, 2.05) is 18.2 Å². The SMILES string of the molecule is CCCN1CCOC(C(=O)c2cccc(OC)c2)C1. The molecule has 1 aliphatic rings. The molecule has 4 nitrogen and oxygen atoms in total. The number of carbonyl (C=O) groups excluding carboxylic acids is 1. The fourth-order valence-electron chi connectivity index (χ4n) is 2.34. The normalized spacial score (nSPS) is 20.2. The van der Waals surface area contributed by atoms with Gasteiger partial charge in [0.15, 0.2) is 5.78 Å². The summed E-state index contributed by atoms with van der Waals surface area (Å²) >= 11 is 0. The molecule has 0 bridgehead atoms. The first-order chi connectivity index (χ1) is 9.24. The molecule has 1 atom stereocenters. The van der Waals surface area contributed by atoms with Crippen LogP contribution in [0.5, 0.6) is 5.75 Å². The summed E-state index contributed by atoms with van der Waals surface area (Å²) in [4.78, 5) is 14.7. The molecular weight excluding hydrogens is 242 g/mol. The number of rotatable bonds is 5. The van der Waals surface area contributed by atoms with Gasteiger partial charge in [-0.1, -0.05) is 19.1 Å². The molecular formula is C15H21NO3. The highest BCUT2D eigenvalue weighted by atomic mass is 16.5. The Bertz CT molecular complexity index is 431. The monoisotopic (exact) mass is 263 g/mol. The van der Waals surface area contributed by atoms with Crippen LogP contribution >= 0.6 is 0 Å². The minimum absolute atomic E-state index is 0.0414. The van der Waals surface area contributed by atoms with E-state index >= 15 is 0 Å². The molecule has 0 saturated carbocycles. The molecule has 1 fully saturated rings. The lowest BCUT2D eigenvalue weighted by Crippen LogP contribution is -2.46. The third-order valence-corrected chi connectivity index (χ3v) is 3.34. The number of hydrogen-bond acceptors (Lipinski definition) is 4. The Morgan fingerprint density at radius 2 is 2.37 bits per heavy atom. The van der Waals surface area contributed by atoms with Crippen molar-refractivity contribution < 1.29 is 14.3 Å². The Morgan fingerprint density at radius 1 is 1.53 bits per heavy atom. The van der Waals surface area contributed by atoms with Gasteiger partial charge in [-0.2, -0.15) is 0 Å². The Kier molecular flexibility index (Phi) is 4.93. The first-order valence-electron chi connectivity index (χ1n) is 6.76. The number of morpholine rings is 1. The first kappa shape index (κ1) is 14.0. The second-order valence-electron chi connectivity index (χ2n) is 4.76. The van der Waals surface area contributed by atoms with Crippen molar-refractivity contribution in [1.82, 2.24) is 4.90 Å². The van der Waals surface area contributed by atoms with E-state index in [-0.39, 0.29) is 11.9 Å². The molecule has 1 saturated heterocycles. The molecule has 1 unspecified atom stereocenters. The summed E-state index contributed by atoms with van der Waals surface area (Å²) in [5, 5.41) is 0. The van der Waals surface area contributed by atoms with Crippen LogP contribution in [0.15, 0.2) is 24.3 Å². The Balaban J connectivity index is 2.05. The van der Waals surface area contributed by atoms with Crippen molar-refractivity contribution in [3.05, 3.63) is 29.8 Å². The van der Waals surface area contributed by atoms with Gasteiger partial charge in [0.25, 0.3) is 0 Å². The van der Waals surface area contributed by atoms with Crippen molar-refractivity contribution in [3.63, 3.8) is 0 Å². The van der Waals surface area contributed by atoms with Crippen LogP contribution in [-0.2, 0) is 4.74 Å². The van der Waals surface area contributed by atoms with E-state index in [0.717, 1.165) is 19.5 Å². The largest absolute Gasteiger partial charge is 0.497 e. The van der Waals surface area contributed by atoms with Crippen molar-refractivity contribution in [2.75, 3.05) is 33.4 Å². The third-order valence-electron chi connectivity index (χ3n) is 3.34. The summed E-state index contributed by atoms with van der Waals surface area (Å²) in [5.41, 5.74) is 0.655. The van der Waals surface area contributed by atoms with Crippen molar-refractivity contribution in [2.24, 2.45) is 0 Å². The van der Waals surface area contributed by atoms with Gasteiger partial charge in [0, 0.05) is 18.7 Å². The quantitative estimate of drug-likeness (QED) is 0.762. The van der Waals surface area contributed by atoms with Gasteiger partial charge in [0.2, 0.25) is 0 Å². The summed E-state index contributed by atoms with van der Waals surface area (Å²) in [6, 6.07) is 7.25. The van der Waals surface area contributed by atoms with Gasteiger partial charge in [-0.25, -0.2) is 0 Å². The van der Waals surface area contributed by atoms with Crippen LogP contribution in [0.4, 0.5) is 0 Å². The fourth-order valence-corrected chi connectivity index (χ4v) is 2.34. The average molecular weight is 263 g/mol. The van der Waals surface area contributed by atoms with Crippen LogP contribution in [0.2, 0.25) is 0 Å². The van der Waals surface area contributed by atoms with Gasteiger partial charge in [-0.05, 0) is 25.1 Å². The van der Waals surface area contributed by atoms with Crippen LogP contribution in [0, 0.1) is 0 Å². The molecule has 0 spiro atoms. The Morgan fingerprint density at radius 3 is 3.11 bits per heavy atom. The molecule has 0 N–H and O–H groups in total. The van der Waals surface area contributed by atoms with Crippen LogP contribution in [0.3, 0.4) is 0 Å². The number of ketones is 1. The van der Waals surface area contributed by atoms with Crippen molar-refractivity contribution >= 4 is 5.78 Å². The number of Topliss-reactive ketones (excluding diaryl/α,β-unsaturated/α-hetero) is 1. The minimum Gasteiger partial charge on any atom is -0.497 e. The number of carbonyl (C=O) groups is 1. The van der Waals surface area contributed by atoms with Crippen LogP contribution in [0.1, 0.15) is 23.7 Å². The fraction of sp³-hybridized carbons (Fsp3) is 0.533. The van der Waals surface area contributed by atoms with E-state index < -0.39 is 0 Å². The standard InChI is InChI=1S/C15H21NO3/c1-3-7-16-8-9-19-14(11-16)15(17)12-5-4-6-13(10-12)18-2/h4-6,10,14H,3,7-9,11H2,1-2H3. The second kappa shape index (κ2) is 6.68. The van der Waals surface area contributed by atoms with E-state index in [2.05, 4.69) is 11.8 Å². The maximum atomic E-state index is 12.4. The zero-order chi connectivity index (χ0) is 13.7. The van der Waals surface area contributed by atoms with E-state index in [1.165, 1.54) is 0 Å². The summed E-state index contributed by atoms with van der Waals surface area (Å²) in [6.07, 6.45) is 0.743. The van der Waals surface area contributed by atoms with Gasteiger partial charge in [-0.15, -0.1) is 0 Å². The van der Waals surface area contributed by atoms with Gasteiger partial charge in [0.1, 0.15) is 11.9 Å². The van der Waals surface area contributed by atoms with E-state index in [1.54, 1.807) is 13.2 Å². The van der Waals surface area contributed by atoms with Crippen LogP contribution in [0.25, 0.3) is 0 Å². The molecule has 0 aromatic heterocycles. The van der Waals surface area contributed by atoms with E-state index in [0.29, 0.717) is 24.5 Å². The van der Waals surface area contributed by atoms with Gasteiger partial charge in [-0.3, -0.25) is 9.69 Å². The lowest BCUT2D eigenvalue weighted by atomic mass is 10.0. The number of benzene rings is 1. The summed E-state index contributed by atoms with van der Waals surface area (Å²) in [7, 11) is 1.60. The summed E-state index contributed by atoms with van der Waals surface area (Å²) in [5.74, 6) is 0.742. The Hall–Kier alpha value is -1.39. The zero-order valence-corrected chi connectivity index (χ0v) is 11.6. The highest BCUT2D eigenvalue weighted by Crippen LogP contribution is 2.17.